The number of carbonyl (C=O) groups is 1. The summed E-state index contributed by atoms with van der Waals surface area (Å²) in [5.41, 5.74) is 3.00. The highest BCUT2D eigenvalue weighted by Crippen LogP contribution is 2.44. The molecule has 0 aliphatic carbocycles. The Bertz CT molecular complexity index is 772. The highest BCUT2D eigenvalue weighted by molar-refractivity contribution is 6.05. The molecule has 0 radical (unpaired) electrons. The minimum Gasteiger partial charge on any atom is -0.338 e. The second-order valence-corrected chi connectivity index (χ2v) is 6.84. The zero-order valence-electron chi connectivity index (χ0n) is 15.1. The van der Waals surface area contributed by atoms with Crippen molar-refractivity contribution in [3.63, 3.8) is 0 Å². The van der Waals surface area contributed by atoms with Gasteiger partial charge in [-0.15, -0.1) is 0 Å². The molecule has 0 saturated carbocycles. The summed E-state index contributed by atoms with van der Waals surface area (Å²) in [7, 11) is 0. The van der Waals surface area contributed by atoms with Gasteiger partial charge in [0.1, 0.15) is 6.54 Å². The molecule has 0 aromatic heterocycles. The summed E-state index contributed by atoms with van der Waals surface area (Å²) in [4.78, 5) is 16.5. The van der Waals surface area contributed by atoms with E-state index in [1.165, 1.54) is 10.5 Å². The van der Waals surface area contributed by atoms with E-state index in [1.807, 2.05) is 35.2 Å². The first-order valence-electron chi connectivity index (χ1n) is 9.31. The quantitative estimate of drug-likeness (QED) is 0.890. The Morgan fingerprint density at radius 3 is 2.46 bits per heavy atom. The summed E-state index contributed by atoms with van der Waals surface area (Å²) >= 11 is 0. The molecule has 1 N–H and O–H groups in total. The lowest BCUT2D eigenvalue weighted by Gasteiger charge is -2.32. The highest BCUT2D eigenvalue weighted by atomic mass is 16.7. The molecule has 2 aromatic rings. The van der Waals surface area contributed by atoms with Gasteiger partial charge in [-0.05, 0) is 19.4 Å². The van der Waals surface area contributed by atoms with Gasteiger partial charge >= 0.3 is 0 Å². The van der Waals surface area contributed by atoms with Crippen molar-refractivity contribution in [3.8, 4) is 0 Å². The fourth-order valence-electron chi connectivity index (χ4n) is 3.76. The van der Waals surface area contributed by atoms with E-state index in [0.717, 1.165) is 30.8 Å². The molecule has 1 spiro atoms. The zero-order chi connectivity index (χ0) is 18.0. The number of nitrogens with zero attached hydrogens (tertiary/aromatic N) is 1. The van der Waals surface area contributed by atoms with Gasteiger partial charge in [-0.3, -0.25) is 9.69 Å². The molecule has 1 unspecified atom stereocenters. The van der Waals surface area contributed by atoms with Crippen molar-refractivity contribution in [1.82, 2.24) is 0 Å². The Kier molecular flexibility index (Phi) is 4.76. The number of anilines is 1. The minimum atomic E-state index is -1.25. The molecule has 5 nitrogen and oxygen atoms in total. The molecule has 1 fully saturated rings. The first kappa shape index (κ1) is 17.2. The lowest BCUT2D eigenvalue weighted by Crippen LogP contribution is -3.12. The summed E-state index contributed by atoms with van der Waals surface area (Å²) in [6, 6.07) is 18.2. The number of nitrogens with one attached hydrogen (secondary N) is 1. The minimum absolute atomic E-state index is 0.0996. The fraction of sp³-hybridized carbons (Fsp3) is 0.381. The Morgan fingerprint density at radius 2 is 1.73 bits per heavy atom. The molecule has 0 bridgehead atoms. The summed E-state index contributed by atoms with van der Waals surface area (Å²) < 4.78 is 11.8. The maximum absolute atomic E-state index is 13.3. The second-order valence-electron chi connectivity index (χ2n) is 6.84. The van der Waals surface area contributed by atoms with E-state index in [9.17, 15) is 4.79 Å². The van der Waals surface area contributed by atoms with Crippen LogP contribution < -0.4 is 9.80 Å². The number of carbonyl (C=O) groups excluding carboxylic acids is 1. The molecular formula is C21H25N2O3+. The van der Waals surface area contributed by atoms with Gasteiger partial charge in [-0.1, -0.05) is 48.5 Å². The van der Waals surface area contributed by atoms with E-state index < -0.39 is 5.79 Å². The number of hydrogen-bond acceptors (Lipinski definition) is 3. The Hall–Kier alpha value is -2.21. The third-order valence-corrected chi connectivity index (χ3v) is 5.15. The van der Waals surface area contributed by atoms with Gasteiger partial charge in [-0.2, -0.15) is 0 Å². The van der Waals surface area contributed by atoms with Crippen LogP contribution in [0.5, 0.6) is 0 Å². The third-order valence-electron chi connectivity index (χ3n) is 5.15. The van der Waals surface area contributed by atoms with Crippen LogP contribution >= 0.6 is 0 Å². The lowest BCUT2D eigenvalue weighted by atomic mass is 10.1. The smallest absolute Gasteiger partial charge is 0.296 e. The SMILES string of the molecule is CC[NH+](Cc1ccccc1)CN1C(=O)C2(OCCCO2)c2ccccc21. The van der Waals surface area contributed by atoms with Crippen LogP contribution in [-0.2, 0) is 26.6 Å². The molecule has 1 atom stereocenters. The van der Waals surface area contributed by atoms with E-state index in [1.54, 1.807) is 0 Å². The molecule has 4 rings (SSSR count). The van der Waals surface area contributed by atoms with Crippen molar-refractivity contribution in [2.24, 2.45) is 0 Å². The van der Waals surface area contributed by atoms with Gasteiger partial charge in [0.2, 0.25) is 0 Å². The maximum Gasteiger partial charge on any atom is 0.296 e. The van der Waals surface area contributed by atoms with Gasteiger partial charge in [0.25, 0.3) is 11.7 Å². The van der Waals surface area contributed by atoms with E-state index in [4.69, 9.17) is 9.47 Å². The fourth-order valence-corrected chi connectivity index (χ4v) is 3.76. The predicted molar refractivity (Wildman–Crippen MR) is 98.6 cm³/mol. The number of quaternary nitrogens is 1. The molecule has 5 heteroatoms. The maximum atomic E-state index is 13.3. The van der Waals surface area contributed by atoms with E-state index >= 15 is 0 Å². The van der Waals surface area contributed by atoms with Crippen LogP contribution in [0.15, 0.2) is 54.6 Å². The average Bonchev–Trinajstić information content (AvgIpc) is 2.92. The molecule has 2 aromatic carbocycles. The van der Waals surface area contributed by atoms with Crippen molar-refractivity contribution in [2.75, 3.05) is 31.3 Å². The first-order valence-corrected chi connectivity index (χ1v) is 9.31. The second kappa shape index (κ2) is 7.19. The van der Waals surface area contributed by atoms with E-state index in [-0.39, 0.29) is 5.91 Å². The molecule has 1 saturated heterocycles. The van der Waals surface area contributed by atoms with Crippen LogP contribution in [0.25, 0.3) is 0 Å². The van der Waals surface area contributed by atoms with E-state index in [0.29, 0.717) is 19.9 Å². The molecule has 1 amide bonds. The molecule has 2 aliphatic heterocycles. The van der Waals surface area contributed by atoms with Crippen LogP contribution in [0, 0.1) is 0 Å². The molecule has 2 heterocycles. The topological polar surface area (TPSA) is 43.2 Å². The number of ether oxygens (including phenoxy) is 2. The largest absolute Gasteiger partial charge is 0.338 e. The summed E-state index contributed by atoms with van der Waals surface area (Å²) in [6.45, 7) is 5.63. The standard InChI is InChI=1S/C21H24N2O3/c1-2-22(15-17-9-4-3-5-10-17)16-23-19-12-7-6-11-18(19)21(20(23)24)25-13-8-14-26-21/h3-7,9-12H,2,8,13-16H2,1H3/p+1. The molecule has 26 heavy (non-hydrogen) atoms. The average molecular weight is 353 g/mol. The van der Waals surface area contributed by atoms with Crippen LogP contribution in [-0.4, -0.2) is 32.3 Å². The van der Waals surface area contributed by atoms with Gasteiger partial charge in [0.05, 0.1) is 25.4 Å². The van der Waals surface area contributed by atoms with Gasteiger partial charge in [0, 0.05) is 11.1 Å². The highest BCUT2D eigenvalue weighted by Gasteiger charge is 2.55. The van der Waals surface area contributed by atoms with Gasteiger partial charge in [-0.25, -0.2) is 0 Å². The van der Waals surface area contributed by atoms with Gasteiger partial charge in [0.15, 0.2) is 6.67 Å². The lowest BCUT2D eigenvalue weighted by molar-refractivity contribution is -0.910. The number of rotatable bonds is 5. The Labute approximate surface area is 154 Å². The number of para-hydroxylation sites is 1. The number of fused-ring (bicyclic) bond motifs is 2. The molecular weight excluding hydrogens is 328 g/mol. The normalized spacial score (nSPS) is 19.6. The summed E-state index contributed by atoms with van der Waals surface area (Å²) in [5.74, 6) is -1.35. The number of hydrogen-bond donors (Lipinski definition) is 1. The molecule has 2 aliphatic rings. The van der Waals surface area contributed by atoms with Crippen LogP contribution in [0.3, 0.4) is 0 Å². The Balaban J connectivity index is 1.61. The number of benzene rings is 2. The van der Waals surface area contributed by atoms with Crippen molar-refractivity contribution in [3.05, 3.63) is 65.7 Å². The number of amides is 1. The summed E-state index contributed by atoms with van der Waals surface area (Å²) in [5, 5.41) is 0. The van der Waals surface area contributed by atoms with Gasteiger partial charge < -0.3 is 14.4 Å². The summed E-state index contributed by atoms with van der Waals surface area (Å²) in [6.07, 6.45) is 0.817. The van der Waals surface area contributed by atoms with Crippen LogP contribution in [0.2, 0.25) is 0 Å². The van der Waals surface area contributed by atoms with Crippen molar-refractivity contribution in [2.45, 2.75) is 25.7 Å². The molecule has 136 valence electrons. The van der Waals surface area contributed by atoms with E-state index in [2.05, 4.69) is 31.2 Å². The van der Waals surface area contributed by atoms with Crippen molar-refractivity contribution >= 4 is 11.6 Å². The van der Waals surface area contributed by atoms with Crippen LogP contribution in [0.4, 0.5) is 5.69 Å². The zero-order valence-corrected chi connectivity index (χ0v) is 15.1. The van der Waals surface area contributed by atoms with Crippen molar-refractivity contribution < 1.29 is 19.2 Å². The predicted octanol–water partition coefficient (Wildman–Crippen LogP) is 1.69. The first-order chi connectivity index (χ1) is 12.7. The van der Waals surface area contributed by atoms with Crippen molar-refractivity contribution in [1.29, 1.82) is 0 Å². The monoisotopic (exact) mass is 353 g/mol. The Morgan fingerprint density at radius 1 is 1.04 bits per heavy atom. The van der Waals surface area contributed by atoms with Crippen LogP contribution in [0.1, 0.15) is 24.5 Å². The third kappa shape index (κ3) is 2.92.